The summed E-state index contributed by atoms with van der Waals surface area (Å²) in [5.41, 5.74) is 0. The lowest BCUT2D eigenvalue weighted by Crippen LogP contribution is -2.22. The first-order chi connectivity index (χ1) is 24.8. The number of hydrogen-bond donors (Lipinski definition) is 2. The van der Waals surface area contributed by atoms with Crippen molar-refractivity contribution in [1.82, 2.24) is 10.6 Å². The Balaban J connectivity index is -0.0000000605. The molecule has 0 aromatic rings. The van der Waals surface area contributed by atoms with E-state index in [4.69, 9.17) is 14.2 Å². The zero-order valence-corrected chi connectivity index (χ0v) is 40.0. The van der Waals surface area contributed by atoms with Gasteiger partial charge >= 0.3 is 0 Å². The molecule has 5 heteroatoms. The molecule has 1 aliphatic carbocycles. The Morgan fingerprint density at radius 1 is 0.418 bits per heavy atom. The predicted octanol–water partition coefficient (Wildman–Crippen LogP) is 16.6. The summed E-state index contributed by atoms with van der Waals surface area (Å²) >= 11 is 0. The summed E-state index contributed by atoms with van der Waals surface area (Å²) < 4.78 is 15.1. The van der Waals surface area contributed by atoms with Crippen molar-refractivity contribution in [3.8, 4) is 0 Å². The molecular weight excluding hydrogens is 677 g/mol. The Bertz CT molecular complexity index is 422. The average molecular weight is 798 g/mol. The lowest BCUT2D eigenvalue weighted by molar-refractivity contribution is -0.0375. The van der Waals surface area contributed by atoms with Crippen LogP contribution in [0.1, 0.15) is 250 Å². The smallest absolute Gasteiger partial charge is 0.0568 e. The van der Waals surface area contributed by atoms with E-state index in [0.29, 0.717) is 12.2 Å². The van der Waals surface area contributed by atoms with Gasteiger partial charge in [0, 0.05) is 32.5 Å². The molecule has 0 unspecified atom stereocenters. The number of ether oxygens (including phenoxy) is 3. The predicted molar refractivity (Wildman–Crippen MR) is 262 cm³/mol. The van der Waals surface area contributed by atoms with Crippen molar-refractivity contribution >= 4 is 0 Å². The number of rotatable bonds is 0. The lowest BCUT2D eigenvalue weighted by Gasteiger charge is -2.20. The van der Waals surface area contributed by atoms with Crippen LogP contribution in [0.15, 0.2) is 0 Å². The minimum absolute atomic E-state index is 0. The van der Waals surface area contributed by atoms with E-state index in [2.05, 4.69) is 135 Å². The third-order valence-electron chi connectivity index (χ3n) is 7.25. The summed E-state index contributed by atoms with van der Waals surface area (Å²) in [4.78, 5) is 0. The third kappa shape index (κ3) is 91.1. The lowest BCUT2D eigenvalue weighted by atomic mass is 9.88. The van der Waals surface area contributed by atoms with Gasteiger partial charge < -0.3 is 24.8 Å². The van der Waals surface area contributed by atoms with Crippen LogP contribution in [0.4, 0.5) is 0 Å². The molecule has 6 rings (SSSR count). The van der Waals surface area contributed by atoms with E-state index >= 15 is 0 Å². The highest BCUT2D eigenvalue weighted by atomic mass is 16.5. The molecule has 5 atom stereocenters. The first-order valence-corrected chi connectivity index (χ1v) is 23.1. The van der Waals surface area contributed by atoms with E-state index < -0.39 is 0 Å². The SMILES string of the molecule is C.C.C.CC1CCC1.CCC.CCC.CCC.CCC.CCC.CCC.C[C@@H]1CCCN1.C[C@@H]1CCCO1.C[C@@H]1CCNC1.C[C@@H]1CCO1.C[C@@H]1CCOC1. The summed E-state index contributed by atoms with van der Waals surface area (Å²) in [6.07, 6.45) is 22.3. The highest BCUT2D eigenvalue weighted by molar-refractivity contribution is 4.67. The van der Waals surface area contributed by atoms with Crippen LogP contribution in [0.3, 0.4) is 0 Å². The second kappa shape index (κ2) is 71.5. The first kappa shape index (κ1) is 75.6. The van der Waals surface area contributed by atoms with Gasteiger partial charge in [-0.05, 0) is 103 Å². The van der Waals surface area contributed by atoms with Crippen molar-refractivity contribution in [3.63, 3.8) is 0 Å². The summed E-state index contributed by atoms with van der Waals surface area (Å²) in [7, 11) is 0. The number of nitrogens with one attached hydrogen (secondary N) is 2. The molecule has 0 radical (unpaired) electrons. The van der Waals surface area contributed by atoms with Crippen LogP contribution in [-0.4, -0.2) is 64.3 Å². The largest absolute Gasteiger partial charge is 0.381 e. The van der Waals surface area contributed by atoms with Crippen LogP contribution in [0, 0.1) is 17.8 Å². The van der Waals surface area contributed by atoms with Gasteiger partial charge in [-0.3, -0.25) is 0 Å². The maximum absolute atomic E-state index is 5.15. The van der Waals surface area contributed by atoms with Crippen molar-refractivity contribution in [2.24, 2.45) is 17.8 Å². The minimum Gasteiger partial charge on any atom is -0.381 e. The van der Waals surface area contributed by atoms with Gasteiger partial charge in [-0.2, -0.15) is 0 Å². The monoisotopic (exact) mass is 797 g/mol. The summed E-state index contributed by atoms with van der Waals surface area (Å²) in [6.45, 7) is 46.4. The van der Waals surface area contributed by atoms with Crippen molar-refractivity contribution in [2.75, 3.05) is 46.1 Å². The van der Waals surface area contributed by atoms with Crippen molar-refractivity contribution < 1.29 is 14.2 Å². The van der Waals surface area contributed by atoms with Crippen molar-refractivity contribution in [3.05, 3.63) is 0 Å². The fourth-order valence-corrected chi connectivity index (χ4v) is 4.01. The fraction of sp³-hybridized carbons (Fsp3) is 1.00. The highest BCUT2D eigenvalue weighted by Gasteiger charge is 2.10. The normalized spacial score (nSPS) is 22.7. The van der Waals surface area contributed by atoms with Crippen LogP contribution in [0.5, 0.6) is 0 Å². The maximum atomic E-state index is 5.15. The molecule has 348 valence electrons. The molecule has 0 aromatic heterocycles. The molecule has 6 fully saturated rings. The van der Waals surface area contributed by atoms with Crippen LogP contribution in [-0.2, 0) is 14.2 Å². The molecule has 0 spiro atoms. The van der Waals surface area contributed by atoms with E-state index in [0.717, 1.165) is 50.2 Å². The topological polar surface area (TPSA) is 51.8 Å². The van der Waals surface area contributed by atoms with Gasteiger partial charge in [-0.25, -0.2) is 0 Å². The van der Waals surface area contributed by atoms with E-state index in [1.165, 1.54) is 122 Å². The molecular formula is C50H120N2O3. The zero-order valence-electron chi connectivity index (χ0n) is 40.0. The molecule has 5 heterocycles. The second-order valence-electron chi connectivity index (χ2n) is 15.6. The standard InChI is InChI=1S/2C5H11N.2C5H10O.C5H10.C4H8O.6C3H8.3CH4/c1-5-2-3-6-4-5;1-5-3-2-4-6-5;1-5-2-3-6-4-5;1-5-3-2-4-6-5;1-5-3-2-4-5;1-4-2-3-5-4;6*1-3-2;;;/h2*5-6H,2-4H2,1H3;2*5H,2-4H2,1H3;5H,2-4H2,1H3;4H,2-3H2,1H3;6*3H2,1-2H3;3*1H4/t4*5-;;4-;;;;;;;;;/m1111.1........./s1. The van der Waals surface area contributed by atoms with Crippen LogP contribution < -0.4 is 10.6 Å². The molecule has 55 heavy (non-hydrogen) atoms. The summed E-state index contributed by atoms with van der Waals surface area (Å²) in [6, 6.07) is 0.796. The van der Waals surface area contributed by atoms with Gasteiger partial charge in [0.25, 0.3) is 0 Å². The van der Waals surface area contributed by atoms with Gasteiger partial charge in [0.1, 0.15) is 0 Å². The molecule has 1 saturated carbocycles. The first-order valence-electron chi connectivity index (χ1n) is 23.1. The third-order valence-corrected chi connectivity index (χ3v) is 7.25. The summed E-state index contributed by atoms with van der Waals surface area (Å²) in [5, 5.41) is 6.59. The second-order valence-corrected chi connectivity index (χ2v) is 15.6. The van der Waals surface area contributed by atoms with Gasteiger partial charge in [-0.1, -0.05) is 184 Å². The summed E-state index contributed by atoms with van der Waals surface area (Å²) in [5.74, 6) is 2.82. The molecule has 5 nitrogen and oxygen atoms in total. The Hall–Kier alpha value is -0.200. The van der Waals surface area contributed by atoms with E-state index in [1.807, 2.05) is 0 Å². The Kier molecular flexibility index (Phi) is 98.3. The molecule has 0 bridgehead atoms. The van der Waals surface area contributed by atoms with E-state index in [1.54, 1.807) is 0 Å². The van der Waals surface area contributed by atoms with Gasteiger partial charge in [0.2, 0.25) is 0 Å². The van der Waals surface area contributed by atoms with Crippen molar-refractivity contribution in [1.29, 1.82) is 0 Å². The van der Waals surface area contributed by atoms with Crippen LogP contribution in [0.25, 0.3) is 0 Å². The van der Waals surface area contributed by atoms with E-state index in [9.17, 15) is 0 Å². The highest BCUT2D eigenvalue weighted by Crippen LogP contribution is 2.24. The molecule has 6 aliphatic rings. The minimum atomic E-state index is 0. The van der Waals surface area contributed by atoms with Gasteiger partial charge in [0.05, 0.1) is 12.2 Å². The molecule has 0 aromatic carbocycles. The quantitative estimate of drug-likeness (QED) is 0.256. The molecule has 0 amide bonds. The average Bonchev–Trinajstić information content (AvgIpc) is 3.92. The number of hydrogen-bond acceptors (Lipinski definition) is 5. The maximum Gasteiger partial charge on any atom is 0.0568 e. The molecule has 5 saturated heterocycles. The Morgan fingerprint density at radius 3 is 0.909 bits per heavy atom. The fourth-order valence-electron chi connectivity index (χ4n) is 4.01. The van der Waals surface area contributed by atoms with Gasteiger partial charge in [-0.15, -0.1) is 0 Å². The van der Waals surface area contributed by atoms with Gasteiger partial charge in [0.15, 0.2) is 0 Å². The Labute approximate surface area is 355 Å². The van der Waals surface area contributed by atoms with Crippen LogP contribution >= 0.6 is 0 Å². The van der Waals surface area contributed by atoms with Crippen LogP contribution in [0.2, 0.25) is 0 Å². The van der Waals surface area contributed by atoms with Crippen molar-refractivity contribution in [2.45, 2.75) is 268 Å². The zero-order chi connectivity index (χ0) is 41.3. The molecule has 5 aliphatic heterocycles. The van der Waals surface area contributed by atoms with E-state index in [-0.39, 0.29) is 22.3 Å². The Morgan fingerprint density at radius 2 is 0.836 bits per heavy atom. The molecule has 2 N–H and O–H groups in total.